The zero-order valence-electron chi connectivity index (χ0n) is 13.0. The van der Waals surface area contributed by atoms with E-state index < -0.39 is 0 Å². The van der Waals surface area contributed by atoms with Gasteiger partial charge in [-0.15, -0.1) is 0 Å². The van der Waals surface area contributed by atoms with Gasteiger partial charge in [0.2, 0.25) is 0 Å². The Morgan fingerprint density at radius 2 is 2.05 bits per heavy atom. The van der Waals surface area contributed by atoms with Gasteiger partial charge < -0.3 is 20.3 Å². The number of urea groups is 1. The van der Waals surface area contributed by atoms with Crippen molar-refractivity contribution >= 4 is 6.03 Å². The third kappa shape index (κ3) is 4.74. The van der Waals surface area contributed by atoms with E-state index in [0.29, 0.717) is 13.1 Å². The van der Waals surface area contributed by atoms with Gasteiger partial charge in [-0.05, 0) is 19.9 Å². The Hall–Kier alpha value is -1.75. The molecule has 0 saturated heterocycles. The summed E-state index contributed by atoms with van der Waals surface area (Å²) in [6.45, 7) is 5.45. The first-order valence-corrected chi connectivity index (χ1v) is 6.78. The van der Waals surface area contributed by atoms with Crippen LogP contribution in [-0.4, -0.2) is 45.2 Å². The minimum absolute atomic E-state index is 0.0763. The van der Waals surface area contributed by atoms with Gasteiger partial charge in [-0.2, -0.15) is 0 Å². The van der Waals surface area contributed by atoms with Crippen LogP contribution in [0.5, 0.6) is 5.75 Å². The first kappa shape index (κ1) is 16.3. The highest BCUT2D eigenvalue weighted by molar-refractivity contribution is 5.73. The molecule has 0 aliphatic rings. The molecule has 0 aliphatic heterocycles. The first-order chi connectivity index (χ1) is 9.45. The smallest absolute Gasteiger partial charge is 0.316 e. The molecule has 5 nitrogen and oxygen atoms in total. The van der Waals surface area contributed by atoms with Gasteiger partial charge in [-0.3, -0.25) is 0 Å². The van der Waals surface area contributed by atoms with E-state index in [1.54, 1.807) is 21.2 Å². The standard InChI is InChI=1S/C15H25N3O2/c1-11-6-7-14(20-5)13(10-11)12(2)16-8-9-17-15(19)18(3)4/h6-7,10,12,16H,8-9H2,1-5H3,(H,17,19). The third-order valence-corrected chi connectivity index (χ3v) is 3.11. The zero-order chi connectivity index (χ0) is 15.1. The van der Waals surface area contributed by atoms with E-state index in [2.05, 4.69) is 30.5 Å². The molecule has 1 rings (SSSR count). The van der Waals surface area contributed by atoms with Gasteiger partial charge in [0.1, 0.15) is 5.75 Å². The van der Waals surface area contributed by atoms with Crippen LogP contribution >= 0.6 is 0 Å². The van der Waals surface area contributed by atoms with Crippen molar-refractivity contribution in [3.8, 4) is 5.75 Å². The number of carbonyl (C=O) groups excluding carboxylic acids is 1. The van der Waals surface area contributed by atoms with E-state index in [4.69, 9.17) is 4.74 Å². The summed E-state index contributed by atoms with van der Waals surface area (Å²) in [6, 6.07) is 6.23. The molecule has 0 saturated carbocycles. The van der Waals surface area contributed by atoms with Gasteiger partial charge >= 0.3 is 6.03 Å². The maximum Gasteiger partial charge on any atom is 0.316 e. The van der Waals surface area contributed by atoms with Crippen LogP contribution in [0.25, 0.3) is 0 Å². The molecule has 0 aliphatic carbocycles. The molecular formula is C15H25N3O2. The molecule has 1 atom stereocenters. The number of ether oxygens (including phenoxy) is 1. The van der Waals surface area contributed by atoms with Gasteiger partial charge in [-0.1, -0.05) is 17.7 Å². The van der Waals surface area contributed by atoms with Crippen LogP contribution in [0, 0.1) is 6.92 Å². The van der Waals surface area contributed by atoms with Crippen molar-refractivity contribution in [2.75, 3.05) is 34.3 Å². The number of nitrogens with one attached hydrogen (secondary N) is 2. The van der Waals surface area contributed by atoms with E-state index in [-0.39, 0.29) is 12.1 Å². The average Bonchev–Trinajstić information content (AvgIpc) is 2.42. The van der Waals surface area contributed by atoms with E-state index in [1.165, 1.54) is 10.5 Å². The second-order valence-corrected chi connectivity index (χ2v) is 5.05. The van der Waals surface area contributed by atoms with Crippen LogP contribution in [-0.2, 0) is 0 Å². The SMILES string of the molecule is COc1ccc(C)cc1C(C)NCCNC(=O)N(C)C. The Kier molecular flexibility index (Phi) is 6.31. The van der Waals surface area contributed by atoms with Crippen molar-refractivity contribution in [1.82, 2.24) is 15.5 Å². The van der Waals surface area contributed by atoms with Crippen molar-refractivity contribution < 1.29 is 9.53 Å². The van der Waals surface area contributed by atoms with Crippen LogP contribution in [0.2, 0.25) is 0 Å². The Morgan fingerprint density at radius 3 is 2.65 bits per heavy atom. The monoisotopic (exact) mass is 279 g/mol. The fourth-order valence-electron chi connectivity index (χ4n) is 1.92. The first-order valence-electron chi connectivity index (χ1n) is 6.78. The van der Waals surface area contributed by atoms with Crippen molar-refractivity contribution in [2.24, 2.45) is 0 Å². The Morgan fingerprint density at radius 1 is 1.35 bits per heavy atom. The van der Waals surface area contributed by atoms with Crippen LogP contribution in [0.15, 0.2) is 18.2 Å². The summed E-state index contributed by atoms with van der Waals surface area (Å²) in [6.07, 6.45) is 0. The van der Waals surface area contributed by atoms with Crippen molar-refractivity contribution in [3.63, 3.8) is 0 Å². The molecule has 0 bridgehead atoms. The summed E-state index contributed by atoms with van der Waals surface area (Å²) in [5.74, 6) is 0.882. The van der Waals surface area contributed by atoms with Crippen LogP contribution in [0.1, 0.15) is 24.1 Å². The van der Waals surface area contributed by atoms with Gasteiger partial charge in [0.25, 0.3) is 0 Å². The van der Waals surface area contributed by atoms with E-state index >= 15 is 0 Å². The highest BCUT2D eigenvalue weighted by Gasteiger charge is 2.11. The summed E-state index contributed by atoms with van der Waals surface area (Å²) in [5, 5.41) is 6.20. The molecule has 112 valence electrons. The molecule has 0 radical (unpaired) electrons. The van der Waals surface area contributed by atoms with Gasteiger partial charge in [0, 0.05) is 38.8 Å². The minimum atomic E-state index is -0.0763. The number of nitrogens with zero attached hydrogens (tertiary/aromatic N) is 1. The quantitative estimate of drug-likeness (QED) is 0.782. The van der Waals surface area contributed by atoms with E-state index in [1.807, 2.05) is 12.1 Å². The van der Waals surface area contributed by atoms with Crippen LogP contribution in [0.3, 0.4) is 0 Å². The molecule has 2 amide bonds. The largest absolute Gasteiger partial charge is 0.496 e. The lowest BCUT2D eigenvalue weighted by molar-refractivity contribution is 0.217. The Labute approximate surface area is 121 Å². The number of hydrogen-bond donors (Lipinski definition) is 2. The molecule has 1 unspecified atom stereocenters. The molecule has 20 heavy (non-hydrogen) atoms. The second kappa shape index (κ2) is 7.75. The highest BCUT2D eigenvalue weighted by atomic mass is 16.5. The zero-order valence-corrected chi connectivity index (χ0v) is 13.0. The topological polar surface area (TPSA) is 53.6 Å². The summed E-state index contributed by atoms with van der Waals surface area (Å²) < 4.78 is 5.38. The summed E-state index contributed by atoms with van der Waals surface area (Å²) >= 11 is 0. The molecule has 0 fully saturated rings. The maximum atomic E-state index is 11.4. The summed E-state index contributed by atoms with van der Waals surface area (Å²) in [4.78, 5) is 12.9. The molecule has 0 aromatic heterocycles. The lowest BCUT2D eigenvalue weighted by Gasteiger charge is -2.18. The summed E-state index contributed by atoms with van der Waals surface area (Å²) in [5.41, 5.74) is 2.33. The molecule has 1 aromatic carbocycles. The molecular weight excluding hydrogens is 254 g/mol. The Balaban J connectivity index is 2.49. The molecule has 2 N–H and O–H groups in total. The maximum absolute atomic E-state index is 11.4. The van der Waals surface area contributed by atoms with Gasteiger partial charge in [0.05, 0.1) is 7.11 Å². The van der Waals surface area contributed by atoms with Crippen LogP contribution < -0.4 is 15.4 Å². The number of amides is 2. The number of rotatable bonds is 6. The average molecular weight is 279 g/mol. The number of benzene rings is 1. The Bertz CT molecular complexity index is 447. The third-order valence-electron chi connectivity index (χ3n) is 3.11. The van der Waals surface area contributed by atoms with E-state index in [0.717, 1.165) is 11.3 Å². The molecule has 0 spiro atoms. The second-order valence-electron chi connectivity index (χ2n) is 5.05. The number of aryl methyl sites for hydroxylation is 1. The summed E-state index contributed by atoms with van der Waals surface area (Å²) in [7, 11) is 5.13. The predicted octanol–water partition coefficient (Wildman–Crippen LogP) is 1.93. The molecule has 0 heterocycles. The number of methoxy groups -OCH3 is 1. The van der Waals surface area contributed by atoms with Gasteiger partial charge in [0.15, 0.2) is 0 Å². The van der Waals surface area contributed by atoms with Crippen molar-refractivity contribution in [3.05, 3.63) is 29.3 Å². The van der Waals surface area contributed by atoms with Crippen molar-refractivity contribution in [2.45, 2.75) is 19.9 Å². The normalized spacial score (nSPS) is 11.8. The number of carbonyl (C=O) groups is 1. The fraction of sp³-hybridized carbons (Fsp3) is 0.533. The van der Waals surface area contributed by atoms with Crippen molar-refractivity contribution in [1.29, 1.82) is 0 Å². The predicted molar refractivity (Wildman–Crippen MR) is 81.2 cm³/mol. The highest BCUT2D eigenvalue weighted by Crippen LogP contribution is 2.25. The van der Waals surface area contributed by atoms with Crippen LogP contribution in [0.4, 0.5) is 4.79 Å². The van der Waals surface area contributed by atoms with Gasteiger partial charge in [-0.25, -0.2) is 4.79 Å². The lowest BCUT2D eigenvalue weighted by atomic mass is 10.0. The fourth-order valence-corrected chi connectivity index (χ4v) is 1.92. The molecule has 5 heteroatoms. The minimum Gasteiger partial charge on any atom is -0.496 e. The number of hydrogen-bond acceptors (Lipinski definition) is 3. The lowest BCUT2D eigenvalue weighted by Crippen LogP contribution is -2.38. The van der Waals surface area contributed by atoms with E-state index in [9.17, 15) is 4.79 Å². The molecule has 1 aromatic rings.